The number of benzene rings is 1. The fourth-order valence-corrected chi connectivity index (χ4v) is 2.13. The van der Waals surface area contributed by atoms with E-state index in [1.807, 2.05) is 0 Å². The Hall–Kier alpha value is -3.36. The third-order valence-corrected chi connectivity index (χ3v) is 3.20. The first-order chi connectivity index (χ1) is 11.8. The number of nitrogens with zero attached hydrogens (tertiary/aromatic N) is 3. The number of nitrogen functional groups attached to an aromatic ring is 2. The fraction of sp³-hybridized carbons (Fsp3) is 0.0625. The molecule has 0 aliphatic rings. The molecule has 0 aliphatic carbocycles. The number of ether oxygens (including phenoxy) is 1. The van der Waals surface area contributed by atoms with E-state index in [1.165, 1.54) is 6.07 Å². The standard InChI is InChI=1S/C16H12F3N5O/c17-16(18,19)11-8-10(6-7-22-11)25-13-12(9-4-2-1-3-5-9)23-15(21)24-14(13)20/h1-8H,(H4,20,21,23,24). The number of anilines is 2. The van der Waals surface area contributed by atoms with Crippen LogP contribution < -0.4 is 16.2 Å². The molecule has 1 aromatic carbocycles. The summed E-state index contributed by atoms with van der Waals surface area (Å²) in [6, 6.07) is 10.9. The summed E-state index contributed by atoms with van der Waals surface area (Å²) in [5, 5.41) is 0. The van der Waals surface area contributed by atoms with Crippen molar-refractivity contribution in [2.24, 2.45) is 0 Å². The van der Waals surface area contributed by atoms with Crippen LogP contribution in [0.3, 0.4) is 0 Å². The van der Waals surface area contributed by atoms with Gasteiger partial charge in [-0.1, -0.05) is 30.3 Å². The van der Waals surface area contributed by atoms with E-state index in [0.717, 1.165) is 12.3 Å². The van der Waals surface area contributed by atoms with Crippen molar-refractivity contribution in [1.29, 1.82) is 0 Å². The van der Waals surface area contributed by atoms with Crippen molar-refractivity contribution in [3.05, 3.63) is 54.4 Å². The van der Waals surface area contributed by atoms with Crippen LogP contribution in [0.1, 0.15) is 5.69 Å². The minimum atomic E-state index is -4.59. The first kappa shape index (κ1) is 16.5. The van der Waals surface area contributed by atoms with Gasteiger partial charge in [0.2, 0.25) is 5.95 Å². The second kappa shape index (κ2) is 6.27. The van der Waals surface area contributed by atoms with Gasteiger partial charge in [0.1, 0.15) is 17.1 Å². The van der Waals surface area contributed by atoms with Crippen LogP contribution in [-0.4, -0.2) is 15.0 Å². The van der Waals surface area contributed by atoms with Crippen molar-refractivity contribution in [3.8, 4) is 22.8 Å². The van der Waals surface area contributed by atoms with Crippen LogP contribution in [0.2, 0.25) is 0 Å². The van der Waals surface area contributed by atoms with E-state index in [-0.39, 0.29) is 29.0 Å². The maximum absolute atomic E-state index is 12.8. The molecule has 0 spiro atoms. The van der Waals surface area contributed by atoms with Gasteiger partial charge in [0, 0.05) is 17.8 Å². The Bertz CT molecular complexity index is 900. The van der Waals surface area contributed by atoms with E-state index in [4.69, 9.17) is 16.2 Å². The van der Waals surface area contributed by atoms with Gasteiger partial charge >= 0.3 is 6.18 Å². The molecule has 0 saturated carbocycles. The zero-order valence-corrected chi connectivity index (χ0v) is 12.7. The average Bonchev–Trinajstić information content (AvgIpc) is 2.57. The second-order valence-electron chi connectivity index (χ2n) is 4.99. The summed E-state index contributed by atoms with van der Waals surface area (Å²) < 4.78 is 43.9. The molecule has 0 fully saturated rings. The molecule has 3 rings (SSSR count). The van der Waals surface area contributed by atoms with Crippen molar-refractivity contribution in [2.75, 3.05) is 11.5 Å². The Morgan fingerprint density at radius 1 is 0.960 bits per heavy atom. The summed E-state index contributed by atoms with van der Waals surface area (Å²) in [6.45, 7) is 0. The number of nitrogens with two attached hydrogens (primary N) is 2. The van der Waals surface area contributed by atoms with Crippen LogP contribution >= 0.6 is 0 Å². The van der Waals surface area contributed by atoms with E-state index in [9.17, 15) is 13.2 Å². The summed E-state index contributed by atoms with van der Waals surface area (Å²) in [5.74, 6) is -0.245. The summed E-state index contributed by atoms with van der Waals surface area (Å²) in [7, 11) is 0. The monoisotopic (exact) mass is 347 g/mol. The van der Waals surface area contributed by atoms with Gasteiger partial charge in [-0.15, -0.1) is 0 Å². The van der Waals surface area contributed by atoms with Crippen LogP contribution in [0.4, 0.5) is 24.9 Å². The molecule has 3 aromatic rings. The van der Waals surface area contributed by atoms with Gasteiger partial charge < -0.3 is 16.2 Å². The molecule has 0 amide bonds. The lowest BCUT2D eigenvalue weighted by molar-refractivity contribution is -0.141. The van der Waals surface area contributed by atoms with Gasteiger partial charge in [0.05, 0.1) is 0 Å². The lowest BCUT2D eigenvalue weighted by Gasteiger charge is -2.14. The van der Waals surface area contributed by atoms with Crippen LogP contribution in [-0.2, 0) is 6.18 Å². The Labute approximate surface area is 140 Å². The molecule has 4 N–H and O–H groups in total. The minimum Gasteiger partial charge on any atom is -0.451 e. The first-order valence-electron chi connectivity index (χ1n) is 7.04. The van der Waals surface area contributed by atoms with Crippen molar-refractivity contribution in [1.82, 2.24) is 15.0 Å². The zero-order valence-electron chi connectivity index (χ0n) is 12.7. The molecule has 2 aromatic heterocycles. The topological polar surface area (TPSA) is 99.9 Å². The molecule has 0 aliphatic heterocycles. The highest BCUT2D eigenvalue weighted by Gasteiger charge is 2.33. The number of aromatic nitrogens is 3. The number of alkyl halides is 3. The number of hydrogen-bond donors (Lipinski definition) is 2. The van der Waals surface area contributed by atoms with E-state index in [2.05, 4.69) is 15.0 Å². The van der Waals surface area contributed by atoms with Crippen LogP contribution in [0.25, 0.3) is 11.3 Å². The lowest BCUT2D eigenvalue weighted by Crippen LogP contribution is -2.08. The van der Waals surface area contributed by atoms with Crippen molar-refractivity contribution in [2.45, 2.75) is 6.18 Å². The minimum absolute atomic E-state index is 0.0136. The predicted molar refractivity (Wildman–Crippen MR) is 85.6 cm³/mol. The highest BCUT2D eigenvalue weighted by Crippen LogP contribution is 2.37. The SMILES string of the molecule is Nc1nc(N)c(Oc2ccnc(C(F)(F)F)c2)c(-c2ccccc2)n1. The molecule has 0 saturated heterocycles. The Balaban J connectivity index is 2.07. The van der Waals surface area contributed by atoms with Crippen molar-refractivity contribution in [3.63, 3.8) is 0 Å². The smallest absolute Gasteiger partial charge is 0.433 e. The van der Waals surface area contributed by atoms with Crippen LogP contribution in [0, 0.1) is 0 Å². The molecular weight excluding hydrogens is 335 g/mol. The fourth-order valence-electron chi connectivity index (χ4n) is 2.13. The van der Waals surface area contributed by atoms with Gasteiger partial charge in [0.15, 0.2) is 11.6 Å². The maximum atomic E-state index is 12.8. The molecule has 0 unspecified atom stereocenters. The van der Waals surface area contributed by atoms with E-state index in [1.54, 1.807) is 30.3 Å². The predicted octanol–water partition coefficient (Wildman–Crippen LogP) is 3.51. The molecule has 2 heterocycles. The first-order valence-corrected chi connectivity index (χ1v) is 7.04. The zero-order chi connectivity index (χ0) is 18.0. The van der Waals surface area contributed by atoms with E-state index in [0.29, 0.717) is 5.56 Å². The Morgan fingerprint density at radius 3 is 2.36 bits per heavy atom. The molecule has 25 heavy (non-hydrogen) atoms. The van der Waals surface area contributed by atoms with Gasteiger partial charge in [-0.3, -0.25) is 4.98 Å². The molecule has 9 heteroatoms. The molecule has 0 radical (unpaired) electrons. The highest BCUT2D eigenvalue weighted by atomic mass is 19.4. The normalized spacial score (nSPS) is 11.3. The lowest BCUT2D eigenvalue weighted by atomic mass is 10.1. The molecule has 0 bridgehead atoms. The van der Waals surface area contributed by atoms with Gasteiger partial charge in [-0.05, 0) is 6.07 Å². The van der Waals surface area contributed by atoms with Crippen LogP contribution in [0.5, 0.6) is 11.5 Å². The summed E-state index contributed by atoms with van der Waals surface area (Å²) >= 11 is 0. The van der Waals surface area contributed by atoms with Gasteiger partial charge in [0.25, 0.3) is 0 Å². The second-order valence-corrected chi connectivity index (χ2v) is 4.99. The number of rotatable bonds is 3. The van der Waals surface area contributed by atoms with Gasteiger partial charge in [-0.2, -0.15) is 18.2 Å². The number of hydrogen-bond acceptors (Lipinski definition) is 6. The van der Waals surface area contributed by atoms with Crippen molar-refractivity contribution < 1.29 is 17.9 Å². The maximum Gasteiger partial charge on any atom is 0.433 e. The number of halogens is 3. The summed E-state index contributed by atoms with van der Waals surface area (Å²) in [6.07, 6.45) is -3.60. The third-order valence-electron chi connectivity index (χ3n) is 3.20. The Morgan fingerprint density at radius 2 is 1.68 bits per heavy atom. The summed E-state index contributed by atoms with van der Waals surface area (Å²) in [5.41, 5.74) is 11.3. The van der Waals surface area contributed by atoms with E-state index < -0.39 is 11.9 Å². The molecule has 128 valence electrons. The molecule has 0 atom stereocenters. The average molecular weight is 347 g/mol. The Kier molecular flexibility index (Phi) is 4.14. The molecule has 6 nitrogen and oxygen atoms in total. The quantitative estimate of drug-likeness (QED) is 0.752. The van der Waals surface area contributed by atoms with Gasteiger partial charge in [-0.25, -0.2) is 4.98 Å². The number of pyridine rings is 1. The van der Waals surface area contributed by atoms with Crippen LogP contribution in [0.15, 0.2) is 48.7 Å². The third kappa shape index (κ3) is 3.60. The summed E-state index contributed by atoms with van der Waals surface area (Å²) in [4.78, 5) is 11.2. The largest absolute Gasteiger partial charge is 0.451 e. The molecular formula is C16H12F3N5O. The van der Waals surface area contributed by atoms with Crippen molar-refractivity contribution >= 4 is 11.8 Å². The van der Waals surface area contributed by atoms with E-state index >= 15 is 0 Å². The highest BCUT2D eigenvalue weighted by molar-refractivity contribution is 5.73.